The molecule has 118 valence electrons. The molecule has 0 aliphatic heterocycles. The van der Waals surface area contributed by atoms with Crippen LogP contribution in [0, 0.1) is 27.7 Å². The number of rotatable bonds is 0. The molecule has 4 nitrogen and oxygen atoms in total. The summed E-state index contributed by atoms with van der Waals surface area (Å²) < 4.78 is 7.42. The second-order valence-electron chi connectivity index (χ2n) is 5.91. The lowest BCUT2D eigenvalue weighted by atomic mass is 10.2. The van der Waals surface area contributed by atoms with Crippen molar-refractivity contribution in [3.63, 3.8) is 0 Å². The number of hydrogen-bond donors (Lipinski definition) is 0. The van der Waals surface area contributed by atoms with Gasteiger partial charge in [-0.15, -0.1) is 0 Å². The molecule has 0 saturated heterocycles. The Hall–Kier alpha value is -2.62. The molecule has 2 aromatic carbocycles. The van der Waals surface area contributed by atoms with Crippen molar-refractivity contribution < 1.29 is 4.42 Å². The normalized spacial score (nSPS) is 10.8. The molecule has 4 rings (SSSR count). The molecule has 4 heteroatoms. The Balaban J connectivity index is 0.000000136. The first-order valence-corrected chi connectivity index (χ1v) is 7.67. The molecule has 2 heterocycles. The van der Waals surface area contributed by atoms with Crippen LogP contribution in [0.1, 0.15) is 22.8 Å². The van der Waals surface area contributed by atoms with Crippen LogP contribution in [0.4, 0.5) is 0 Å². The molecule has 0 amide bonds. The van der Waals surface area contributed by atoms with E-state index in [4.69, 9.17) is 4.42 Å². The first-order valence-electron chi connectivity index (χ1n) is 7.67. The van der Waals surface area contributed by atoms with Gasteiger partial charge in [0, 0.05) is 14.0 Å². The second-order valence-corrected chi connectivity index (χ2v) is 5.91. The molecule has 0 N–H and O–H groups in total. The van der Waals surface area contributed by atoms with Crippen molar-refractivity contribution in [2.75, 3.05) is 0 Å². The largest absolute Gasteiger partial charge is 0.441 e. The number of benzene rings is 2. The van der Waals surface area contributed by atoms with Crippen molar-refractivity contribution in [3.05, 3.63) is 59.2 Å². The van der Waals surface area contributed by atoms with Crippen LogP contribution in [0.15, 0.2) is 40.8 Å². The van der Waals surface area contributed by atoms with Gasteiger partial charge in [-0.3, -0.25) is 0 Å². The summed E-state index contributed by atoms with van der Waals surface area (Å²) in [4.78, 5) is 8.64. The van der Waals surface area contributed by atoms with E-state index in [0.29, 0.717) is 0 Å². The first-order chi connectivity index (χ1) is 10.9. The summed E-state index contributed by atoms with van der Waals surface area (Å²) >= 11 is 0. The van der Waals surface area contributed by atoms with Gasteiger partial charge in [0.1, 0.15) is 11.3 Å². The molecule has 0 spiro atoms. The molecule has 0 radical (unpaired) electrons. The maximum atomic E-state index is 5.31. The van der Waals surface area contributed by atoms with E-state index in [1.54, 1.807) is 0 Å². The quantitative estimate of drug-likeness (QED) is 0.475. The number of hydrogen-bond acceptors (Lipinski definition) is 3. The van der Waals surface area contributed by atoms with Gasteiger partial charge in [0.2, 0.25) is 0 Å². The smallest absolute Gasteiger partial charge is 0.192 e. The van der Waals surface area contributed by atoms with Gasteiger partial charge in [-0.05, 0) is 56.2 Å². The Bertz CT molecular complexity index is 979. The predicted molar refractivity (Wildman–Crippen MR) is 93.7 cm³/mol. The van der Waals surface area contributed by atoms with Gasteiger partial charge < -0.3 is 8.98 Å². The number of nitrogens with zero attached hydrogens (tertiary/aromatic N) is 3. The highest BCUT2D eigenvalue weighted by molar-refractivity contribution is 5.76. The number of aromatic nitrogens is 3. The standard InChI is InChI=1S/C10H12N2.C9H9NO/c1-7-4-5-10-9(6-7)11-8(2)12(10)3;1-6-3-4-9-8(5-6)10-7(2)11-9/h4-6H,1-3H3;3-5H,1-2H3. The number of imidazole rings is 1. The lowest BCUT2D eigenvalue weighted by Gasteiger charge is -1.95. The number of oxazole rings is 1. The van der Waals surface area contributed by atoms with E-state index >= 15 is 0 Å². The van der Waals surface area contributed by atoms with Crippen molar-refractivity contribution in [1.29, 1.82) is 0 Å². The Labute approximate surface area is 135 Å². The van der Waals surface area contributed by atoms with E-state index in [9.17, 15) is 0 Å². The van der Waals surface area contributed by atoms with Crippen molar-refractivity contribution >= 4 is 22.1 Å². The lowest BCUT2D eigenvalue weighted by molar-refractivity contribution is 0.561. The van der Waals surface area contributed by atoms with E-state index in [2.05, 4.69) is 39.7 Å². The molecule has 0 fully saturated rings. The maximum Gasteiger partial charge on any atom is 0.192 e. The summed E-state index contributed by atoms with van der Waals surface area (Å²) in [7, 11) is 2.04. The van der Waals surface area contributed by atoms with Crippen LogP contribution in [-0.4, -0.2) is 14.5 Å². The molecule has 0 unspecified atom stereocenters. The molecule has 23 heavy (non-hydrogen) atoms. The molecule has 4 aromatic rings. The minimum atomic E-state index is 0.727. The van der Waals surface area contributed by atoms with Crippen LogP contribution in [0.5, 0.6) is 0 Å². The molecular formula is C19H21N3O. The summed E-state index contributed by atoms with van der Waals surface area (Å²) in [5.41, 5.74) is 6.59. The average Bonchev–Trinajstić information content (AvgIpc) is 2.98. The number of fused-ring (bicyclic) bond motifs is 2. The van der Waals surface area contributed by atoms with E-state index in [1.807, 2.05) is 46.0 Å². The van der Waals surface area contributed by atoms with Crippen LogP contribution in [-0.2, 0) is 7.05 Å². The van der Waals surface area contributed by atoms with Crippen molar-refractivity contribution in [2.45, 2.75) is 27.7 Å². The zero-order valence-corrected chi connectivity index (χ0v) is 14.2. The molecule has 0 aliphatic rings. The topological polar surface area (TPSA) is 43.9 Å². The van der Waals surface area contributed by atoms with Crippen LogP contribution in [0.3, 0.4) is 0 Å². The van der Waals surface area contributed by atoms with Gasteiger partial charge in [-0.1, -0.05) is 12.1 Å². The van der Waals surface area contributed by atoms with Crippen molar-refractivity contribution in [3.8, 4) is 0 Å². The third kappa shape index (κ3) is 3.11. The number of aryl methyl sites for hydroxylation is 5. The molecule has 0 aliphatic carbocycles. The van der Waals surface area contributed by atoms with Crippen molar-refractivity contribution in [2.24, 2.45) is 7.05 Å². The van der Waals surface area contributed by atoms with Crippen molar-refractivity contribution in [1.82, 2.24) is 14.5 Å². The summed E-state index contributed by atoms with van der Waals surface area (Å²) in [6, 6.07) is 12.3. The Morgan fingerprint density at radius 1 is 0.826 bits per heavy atom. The minimum absolute atomic E-state index is 0.727. The fourth-order valence-electron chi connectivity index (χ4n) is 2.58. The zero-order valence-electron chi connectivity index (χ0n) is 14.2. The van der Waals surface area contributed by atoms with Crippen LogP contribution < -0.4 is 0 Å². The fourth-order valence-corrected chi connectivity index (χ4v) is 2.58. The predicted octanol–water partition coefficient (Wildman–Crippen LogP) is 4.63. The molecule has 0 saturated carbocycles. The Kier molecular flexibility index (Phi) is 3.90. The minimum Gasteiger partial charge on any atom is -0.441 e. The van der Waals surface area contributed by atoms with E-state index in [-0.39, 0.29) is 0 Å². The van der Waals surface area contributed by atoms with Crippen LogP contribution in [0.2, 0.25) is 0 Å². The highest BCUT2D eigenvalue weighted by atomic mass is 16.3. The fraction of sp³-hybridized carbons (Fsp3) is 0.263. The van der Waals surface area contributed by atoms with Gasteiger partial charge in [0.15, 0.2) is 11.5 Å². The molecule has 2 aromatic heterocycles. The highest BCUT2D eigenvalue weighted by Crippen LogP contribution is 2.16. The molecular weight excluding hydrogens is 286 g/mol. The maximum absolute atomic E-state index is 5.31. The third-order valence-corrected chi connectivity index (χ3v) is 3.91. The first kappa shape index (κ1) is 15.3. The van der Waals surface area contributed by atoms with E-state index < -0.39 is 0 Å². The zero-order chi connectivity index (χ0) is 16.6. The van der Waals surface area contributed by atoms with Crippen LogP contribution >= 0.6 is 0 Å². The Morgan fingerprint density at radius 3 is 2.22 bits per heavy atom. The monoisotopic (exact) mass is 307 g/mol. The highest BCUT2D eigenvalue weighted by Gasteiger charge is 2.02. The average molecular weight is 307 g/mol. The molecule has 0 bridgehead atoms. The summed E-state index contributed by atoms with van der Waals surface area (Å²) in [6.45, 7) is 8.01. The van der Waals surface area contributed by atoms with Gasteiger partial charge in [0.05, 0.1) is 11.0 Å². The third-order valence-electron chi connectivity index (χ3n) is 3.91. The summed E-state index contributed by atoms with van der Waals surface area (Å²) in [5.74, 6) is 1.79. The van der Waals surface area contributed by atoms with Gasteiger partial charge in [0.25, 0.3) is 0 Å². The van der Waals surface area contributed by atoms with Crippen LogP contribution in [0.25, 0.3) is 22.1 Å². The van der Waals surface area contributed by atoms with E-state index in [1.165, 1.54) is 16.6 Å². The van der Waals surface area contributed by atoms with E-state index in [0.717, 1.165) is 28.3 Å². The Morgan fingerprint density at radius 2 is 1.48 bits per heavy atom. The summed E-state index contributed by atoms with van der Waals surface area (Å²) in [5, 5.41) is 0. The van der Waals surface area contributed by atoms with Gasteiger partial charge >= 0.3 is 0 Å². The van der Waals surface area contributed by atoms with Gasteiger partial charge in [-0.2, -0.15) is 0 Å². The molecule has 0 atom stereocenters. The van der Waals surface area contributed by atoms with Gasteiger partial charge in [-0.25, -0.2) is 9.97 Å². The SMILES string of the molecule is Cc1ccc2c(c1)nc(C)n2C.Cc1ccc2oc(C)nc2c1. The second kappa shape index (κ2) is 5.88. The summed E-state index contributed by atoms with van der Waals surface area (Å²) in [6.07, 6.45) is 0. The lowest BCUT2D eigenvalue weighted by Crippen LogP contribution is -1.89.